The summed E-state index contributed by atoms with van der Waals surface area (Å²) in [6.07, 6.45) is 4.28. The molecule has 50 heavy (non-hydrogen) atoms. The van der Waals surface area contributed by atoms with Crippen molar-refractivity contribution in [3.8, 4) is 11.3 Å². The second-order valence-corrected chi connectivity index (χ2v) is 13.8. The fourth-order valence-corrected chi connectivity index (χ4v) is 6.57. The van der Waals surface area contributed by atoms with Crippen LogP contribution in [0.3, 0.4) is 0 Å². The average Bonchev–Trinajstić information content (AvgIpc) is 3.44. The van der Waals surface area contributed by atoms with Crippen LogP contribution in [0.5, 0.6) is 0 Å². The molecule has 4 aromatic carbocycles. The van der Waals surface area contributed by atoms with Gasteiger partial charge in [0.2, 0.25) is 0 Å². The smallest absolute Gasteiger partial charge is 0.323 e. The first kappa shape index (κ1) is 37.2. The zero-order valence-electron chi connectivity index (χ0n) is 27.4. The molecule has 1 fully saturated rings. The van der Waals surface area contributed by atoms with Crippen LogP contribution in [0, 0.1) is 5.82 Å². The number of carbonyl (C=O) groups excluding carboxylic acids is 2. The number of likely N-dealkylation sites (tertiary alicyclic amines) is 1. The maximum atomic E-state index is 12.9. The van der Waals surface area contributed by atoms with Gasteiger partial charge in [-0.2, -0.15) is 5.10 Å². The number of nitrogens with one attached hydrogen (secondary N) is 2. The number of hydrogen-bond donors (Lipinski definition) is 3. The number of Topliss-reactive ketones (excluding diaryl/α,β-unsaturated/α-hetero) is 1. The number of hydrogen-bond acceptors (Lipinski definition) is 5. The number of aliphatic hydroxyl groups is 1. The number of benzene rings is 4. The minimum absolute atomic E-state index is 0.0414. The predicted octanol–water partition coefficient (Wildman–Crippen LogP) is 9.57. The van der Waals surface area contributed by atoms with Crippen LogP contribution < -0.4 is 10.6 Å². The number of piperidine rings is 1. The summed E-state index contributed by atoms with van der Waals surface area (Å²) in [5.74, 6) is -0.289. The zero-order valence-corrected chi connectivity index (χ0v) is 30.5. The van der Waals surface area contributed by atoms with Crippen LogP contribution in [0.15, 0.2) is 108 Å². The summed E-state index contributed by atoms with van der Waals surface area (Å²) >= 11 is 15.2. The molecule has 1 aromatic heterocycles. The summed E-state index contributed by atoms with van der Waals surface area (Å²) in [7, 11) is 1.87. The van der Waals surface area contributed by atoms with Gasteiger partial charge in [-0.25, -0.2) is 9.18 Å². The predicted molar refractivity (Wildman–Crippen MR) is 201 cm³/mol. The van der Waals surface area contributed by atoms with Crippen LogP contribution in [0.2, 0.25) is 10.0 Å². The van der Waals surface area contributed by atoms with Crippen LogP contribution in [-0.2, 0) is 12.6 Å². The molecule has 0 saturated carbocycles. The summed E-state index contributed by atoms with van der Waals surface area (Å²) in [6, 6.07) is 27.3. The van der Waals surface area contributed by atoms with E-state index >= 15 is 0 Å². The molecule has 0 aliphatic carbocycles. The van der Waals surface area contributed by atoms with Gasteiger partial charge in [-0.3, -0.25) is 9.48 Å². The molecule has 0 unspecified atom stereocenters. The van der Waals surface area contributed by atoms with Gasteiger partial charge in [-0.15, -0.1) is 0 Å². The first-order valence-electron chi connectivity index (χ1n) is 16.1. The summed E-state index contributed by atoms with van der Waals surface area (Å²) in [6.45, 7) is 2.41. The van der Waals surface area contributed by atoms with E-state index in [9.17, 15) is 19.1 Å². The van der Waals surface area contributed by atoms with Gasteiger partial charge >= 0.3 is 6.03 Å². The molecule has 2 heterocycles. The number of amides is 2. The highest BCUT2D eigenvalue weighted by molar-refractivity contribution is 9.10. The Labute approximate surface area is 309 Å². The second-order valence-electron chi connectivity index (χ2n) is 12.0. The number of rotatable bonds is 9. The summed E-state index contributed by atoms with van der Waals surface area (Å²) < 4.78 is 15.6. The van der Waals surface area contributed by atoms with Crippen molar-refractivity contribution in [3.05, 3.63) is 135 Å². The van der Waals surface area contributed by atoms with Gasteiger partial charge in [-0.1, -0.05) is 47.5 Å². The van der Waals surface area contributed by atoms with Gasteiger partial charge in [0.05, 0.1) is 22.0 Å². The van der Waals surface area contributed by atoms with Gasteiger partial charge in [0.15, 0.2) is 5.78 Å². The Morgan fingerprint density at radius 3 is 2.14 bits per heavy atom. The minimum atomic E-state index is -0.801. The number of aryl methyl sites for hydroxylation is 1. The maximum Gasteiger partial charge on any atom is 0.323 e. The third-order valence-electron chi connectivity index (χ3n) is 8.50. The van der Waals surface area contributed by atoms with E-state index in [1.54, 1.807) is 35.1 Å². The minimum Gasteiger partial charge on any atom is -0.385 e. The van der Waals surface area contributed by atoms with Gasteiger partial charge in [0, 0.05) is 59.1 Å². The van der Waals surface area contributed by atoms with Crippen LogP contribution in [0.4, 0.5) is 20.6 Å². The molecule has 0 radical (unpaired) electrons. The van der Waals surface area contributed by atoms with Gasteiger partial charge in [0.1, 0.15) is 5.82 Å². The van der Waals surface area contributed by atoms with Gasteiger partial charge in [0.25, 0.3) is 0 Å². The monoisotopic (exact) mass is 779 g/mol. The Bertz CT molecular complexity index is 1880. The van der Waals surface area contributed by atoms with Crippen LogP contribution in [0.25, 0.3) is 11.3 Å². The van der Waals surface area contributed by atoms with E-state index < -0.39 is 5.60 Å². The van der Waals surface area contributed by atoms with E-state index in [4.69, 9.17) is 23.2 Å². The molecular weight excluding hydrogens is 744 g/mol. The normalized spacial score (nSPS) is 14.0. The van der Waals surface area contributed by atoms with Crippen molar-refractivity contribution < 1.29 is 19.1 Å². The molecule has 12 heteroatoms. The molecule has 1 aliphatic rings. The number of nitrogens with zero attached hydrogens (tertiary/aromatic N) is 3. The lowest BCUT2D eigenvalue weighted by Crippen LogP contribution is -2.42. The Kier molecular flexibility index (Phi) is 12.8. The molecule has 0 spiro atoms. The molecule has 0 atom stereocenters. The van der Waals surface area contributed by atoms with Crippen LogP contribution in [0.1, 0.15) is 41.6 Å². The standard InChI is InChI=1S/C21H23ClFNO2.C17H14BrClN4O/c22-18-7-5-17(6-8-18)21(26)11-14-24(15-12-21)13-1-2-20(25)16-3-9-19(23)10-4-16;1-23-16(15(18)10-20-23)11-3-2-4-14(9-11)22-17(24)21-13-7-5-12(19)6-8-13/h3-10,26H,1-2,11-15H2;2-10H,1H3,(H2,21,22,24). The van der Waals surface area contributed by atoms with E-state index in [1.807, 2.05) is 55.6 Å². The number of halogens is 4. The highest BCUT2D eigenvalue weighted by atomic mass is 79.9. The number of aromatic nitrogens is 2. The molecular formula is C38H37BrCl2FN5O3. The molecule has 0 bridgehead atoms. The molecule has 2 amide bonds. The first-order chi connectivity index (χ1) is 24.0. The molecule has 5 aromatic rings. The lowest BCUT2D eigenvalue weighted by atomic mass is 9.84. The quantitative estimate of drug-likeness (QED) is 0.130. The lowest BCUT2D eigenvalue weighted by molar-refractivity contribution is -0.0260. The Hall–Kier alpha value is -4.06. The Morgan fingerprint density at radius 1 is 0.900 bits per heavy atom. The topological polar surface area (TPSA) is 99.5 Å². The molecule has 1 saturated heterocycles. The number of anilines is 2. The van der Waals surface area contributed by atoms with Crippen molar-refractivity contribution in [1.82, 2.24) is 14.7 Å². The van der Waals surface area contributed by atoms with Crippen LogP contribution >= 0.6 is 39.1 Å². The third-order valence-corrected chi connectivity index (χ3v) is 9.58. The molecule has 8 nitrogen and oxygen atoms in total. The Balaban J connectivity index is 0.000000195. The van der Waals surface area contributed by atoms with Gasteiger partial charge < -0.3 is 20.6 Å². The van der Waals surface area contributed by atoms with Crippen molar-refractivity contribution in [3.63, 3.8) is 0 Å². The Morgan fingerprint density at radius 2 is 1.52 bits per heavy atom. The summed E-state index contributed by atoms with van der Waals surface area (Å²) in [4.78, 5) is 26.5. The summed E-state index contributed by atoms with van der Waals surface area (Å²) in [5, 5.41) is 22.0. The van der Waals surface area contributed by atoms with E-state index in [-0.39, 0.29) is 17.6 Å². The highest BCUT2D eigenvalue weighted by Gasteiger charge is 2.33. The fourth-order valence-electron chi connectivity index (χ4n) is 5.75. The average molecular weight is 782 g/mol. The van der Waals surface area contributed by atoms with Crippen LogP contribution in [-0.4, -0.2) is 51.2 Å². The third kappa shape index (κ3) is 10.2. The van der Waals surface area contributed by atoms with Crippen molar-refractivity contribution >= 4 is 62.3 Å². The second kappa shape index (κ2) is 17.2. The van der Waals surface area contributed by atoms with E-state index in [0.29, 0.717) is 46.2 Å². The molecule has 3 N–H and O–H groups in total. The zero-order chi connectivity index (χ0) is 35.7. The fraction of sp³-hybridized carbons (Fsp3) is 0.237. The van der Waals surface area contributed by atoms with E-state index in [0.717, 1.165) is 47.3 Å². The van der Waals surface area contributed by atoms with Crippen molar-refractivity contribution in [2.45, 2.75) is 31.3 Å². The maximum absolute atomic E-state index is 12.9. The molecule has 260 valence electrons. The number of carbonyl (C=O) groups is 2. The van der Waals surface area contributed by atoms with Crippen molar-refractivity contribution in [1.29, 1.82) is 0 Å². The van der Waals surface area contributed by atoms with Crippen molar-refractivity contribution in [2.24, 2.45) is 7.05 Å². The number of ketones is 1. The molecule has 1 aliphatic heterocycles. The first-order valence-corrected chi connectivity index (χ1v) is 17.6. The SMILES string of the molecule is Cn1ncc(Br)c1-c1cccc(NC(=O)Nc2ccc(Cl)cc2)c1.O=C(CCCN1CCC(O)(c2ccc(Cl)cc2)CC1)c1ccc(F)cc1. The number of urea groups is 1. The highest BCUT2D eigenvalue weighted by Crippen LogP contribution is 2.33. The molecule has 6 rings (SSSR count). The van der Waals surface area contributed by atoms with E-state index in [1.165, 1.54) is 24.3 Å². The van der Waals surface area contributed by atoms with E-state index in [2.05, 4.69) is 36.6 Å². The lowest BCUT2D eigenvalue weighted by Gasteiger charge is -2.38. The summed E-state index contributed by atoms with van der Waals surface area (Å²) in [5.41, 5.74) is 3.91. The van der Waals surface area contributed by atoms with Gasteiger partial charge in [-0.05, 0) is 120 Å². The largest absolute Gasteiger partial charge is 0.385 e. The van der Waals surface area contributed by atoms with Crippen molar-refractivity contribution in [2.75, 3.05) is 30.3 Å².